The third kappa shape index (κ3) is 3.54. The largest absolute Gasteiger partial charge is 0.280 e. The van der Waals surface area contributed by atoms with Crippen molar-refractivity contribution >= 4 is 21.5 Å². The van der Waals surface area contributed by atoms with Crippen LogP contribution in [0.3, 0.4) is 0 Å². The van der Waals surface area contributed by atoms with Crippen molar-refractivity contribution in [1.29, 1.82) is 0 Å². The fraction of sp³-hybridized carbons (Fsp3) is 0.667. The number of hydrogen-bond donors (Lipinski definition) is 1. The maximum absolute atomic E-state index is 12.3. The molecule has 2 heterocycles. The van der Waals surface area contributed by atoms with Crippen molar-refractivity contribution in [3.05, 3.63) is 22.4 Å². The van der Waals surface area contributed by atoms with Crippen LogP contribution in [0, 0.1) is 0 Å². The Morgan fingerprint density at radius 2 is 1.94 bits per heavy atom. The van der Waals surface area contributed by atoms with Gasteiger partial charge >= 0.3 is 0 Å². The van der Waals surface area contributed by atoms with Crippen molar-refractivity contribution < 1.29 is 8.42 Å². The van der Waals surface area contributed by atoms with Crippen LogP contribution in [0.5, 0.6) is 0 Å². The van der Waals surface area contributed by atoms with E-state index in [-0.39, 0.29) is 6.04 Å². The van der Waals surface area contributed by atoms with E-state index < -0.39 is 10.2 Å². The van der Waals surface area contributed by atoms with Crippen molar-refractivity contribution in [2.75, 3.05) is 13.1 Å². The highest BCUT2D eigenvalue weighted by Crippen LogP contribution is 2.20. The normalized spacial score (nSPS) is 20.5. The second kappa shape index (κ2) is 6.14. The van der Waals surface area contributed by atoms with Gasteiger partial charge in [0.05, 0.1) is 6.04 Å². The fourth-order valence-corrected chi connectivity index (χ4v) is 4.45. The van der Waals surface area contributed by atoms with E-state index in [1.165, 1.54) is 0 Å². The second-order valence-electron chi connectivity index (χ2n) is 4.67. The molecule has 0 radical (unpaired) electrons. The molecule has 0 spiro atoms. The molecule has 1 atom stereocenters. The third-order valence-electron chi connectivity index (χ3n) is 3.20. The van der Waals surface area contributed by atoms with Crippen molar-refractivity contribution in [2.24, 2.45) is 0 Å². The average Bonchev–Trinajstić information content (AvgIpc) is 2.70. The van der Waals surface area contributed by atoms with Crippen LogP contribution in [0.4, 0.5) is 0 Å². The van der Waals surface area contributed by atoms with Gasteiger partial charge in [-0.05, 0) is 31.2 Å². The average molecular weight is 288 g/mol. The Morgan fingerprint density at radius 3 is 2.50 bits per heavy atom. The Kier molecular flexibility index (Phi) is 4.77. The Morgan fingerprint density at radius 1 is 1.28 bits per heavy atom. The van der Waals surface area contributed by atoms with Crippen LogP contribution < -0.4 is 4.72 Å². The summed E-state index contributed by atoms with van der Waals surface area (Å²) in [5.41, 5.74) is 0. The molecule has 1 fully saturated rings. The first kappa shape index (κ1) is 14.0. The van der Waals surface area contributed by atoms with Crippen LogP contribution >= 0.6 is 11.3 Å². The van der Waals surface area contributed by atoms with Crippen molar-refractivity contribution in [1.82, 2.24) is 9.03 Å². The molecule has 0 saturated carbocycles. The van der Waals surface area contributed by atoms with Gasteiger partial charge in [0.15, 0.2) is 0 Å². The zero-order valence-corrected chi connectivity index (χ0v) is 12.3. The molecule has 0 amide bonds. The minimum Gasteiger partial charge on any atom is -0.195 e. The highest BCUT2D eigenvalue weighted by atomic mass is 32.2. The van der Waals surface area contributed by atoms with Crippen LogP contribution in [-0.4, -0.2) is 25.8 Å². The lowest BCUT2D eigenvalue weighted by atomic mass is 10.2. The number of nitrogens with one attached hydrogen (secondary N) is 1. The summed E-state index contributed by atoms with van der Waals surface area (Å²) in [6, 6.07) is 3.75. The monoisotopic (exact) mass is 288 g/mol. The van der Waals surface area contributed by atoms with Crippen LogP contribution in [0.2, 0.25) is 0 Å². The van der Waals surface area contributed by atoms with Gasteiger partial charge in [-0.2, -0.15) is 17.4 Å². The van der Waals surface area contributed by atoms with E-state index >= 15 is 0 Å². The Balaban J connectivity index is 2.02. The maximum Gasteiger partial charge on any atom is 0.280 e. The van der Waals surface area contributed by atoms with Gasteiger partial charge in [0.25, 0.3) is 10.2 Å². The lowest BCUT2D eigenvalue weighted by Gasteiger charge is -2.22. The fourth-order valence-electron chi connectivity index (χ4n) is 2.18. The summed E-state index contributed by atoms with van der Waals surface area (Å²) in [6.45, 7) is 3.18. The summed E-state index contributed by atoms with van der Waals surface area (Å²) in [6.07, 6.45) is 4.20. The van der Waals surface area contributed by atoms with Gasteiger partial charge < -0.3 is 0 Å². The molecule has 1 unspecified atom stereocenters. The van der Waals surface area contributed by atoms with E-state index in [9.17, 15) is 8.42 Å². The predicted molar refractivity (Wildman–Crippen MR) is 74.8 cm³/mol. The second-order valence-corrected chi connectivity index (χ2v) is 7.35. The first-order chi connectivity index (χ1) is 8.59. The summed E-state index contributed by atoms with van der Waals surface area (Å²) >= 11 is 1.58. The Bertz CT molecular complexity index is 448. The molecule has 18 heavy (non-hydrogen) atoms. The van der Waals surface area contributed by atoms with Crippen molar-refractivity contribution in [3.63, 3.8) is 0 Å². The molecule has 6 heteroatoms. The molecule has 1 saturated heterocycles. The lowest BCUT2D eigenvalue weighted by Crippen LogP contribution is -2.42. The summed E-state index contributed by atoms with van der Waals surface area (Å²) in [5.74, 6) is 0. The molecule has 1 aliphatic rings. The van der Waals surface area contributed by atoms with E-state index in [2.05, 4.69) is 4.72 Å². The van der Waals surface area contributed by atoms with Gasteiger partial charge in [0.2, 0.25) is 0 Å². The summed E-state index contributed by atoms with van der Waals surface area (Å²) < 4.78 is 28.9. The molecular formula is C12H20N2O2S2. The van der Waals surface area contributed by atoms with Gasteiger partial charge in [0.1, 0.15) is 0 Å². The zero-order chi connectivity index (χ0) is 13.0. The van der Waals surface area contributed by atoms with Gasteiger partial charge in [-0.3, -0.25) is 0 Å². The van der Waals surface area contributed by atoms with E-state index in [0.29, 0.717) is 13.1 Å². The van der Waals surface area contributed by atoms with Gasteiger partial charge in [-0.15, -0.1) is 11.3 Å². The van der Waals surface area contributed by atoms with Crippen LogP contribution in [0.1, 0.15) is 43.5 Å². The summed E-state index contributed by atoms with van der Waals surface area (Å²) in [5, 5.41) is 1.96. The first-order valence-electron chi connectivity index (χ1n) is 6.40. The van der Waals surface area contributed by atoms with E-state index in [1.807, 2.05) is 24.4 Å². The molecule has 1 aromatic rings. The molecule has 102 valence electrons. The maximum atomic E-state index is 12.3. The molecule has 0 aromatic carbocycles. The summed E-state index contributed by atoms with van der Waals surface area (Å²) in [7, 11) is -3.34. The number of nitrogens with zero attached hydrogens (tertiary/aromatic N) is 1. The van der Waals surface area contributed by atoms with Crippen LogP contribution in [0.25, 0.3) is 0 Å². The van der Waals surface area contributed by atoms with E-state index in [4.69, 9.17) is 0 Å². The minimum atomic E-state index is -3.34. The Hall–Kier alpha value is -0.430. The van der Waals surface area contributed by atoms with Crippen molar-refractivity contribution in [3.8, 4) is 0 Å². The number of rotatable bonds is 4. The zero-order valence-electron chi connectivity index (χ0n) is 10.6. The molecule has 1 aliphatic heterocycles. The lowest BCUT2D eigenvalue weighted by molar-refractivity contribution is 0.410. The van der Waals surface area contributed by atoms with Gasteiger partial charge in [-0.25, -0.2) is 0 Å². The molecular weight excluding hydrogens is 268 g/mol. The predicted octanol–water partition coefficient (Wildman–Crippen LogP) is 2.52. The minimum absolute atomic E-state index is 0.154. The van der Waals surface area contributed by atoms with Crippen LogP contribution in [0.15, 0.2) is 17.5 Å². The van der Waals surface area contributed by atoms with Crippen LogP contribution in [-0.2, 0) is 10.2 Å². The van der Waals surface area contributed by atoms with Gasteiger partial charge in [-0.1, -0.05) is 18.9 Å². The standard InChI is InChI=1S/C12H20N2O2S2/c1-11(12-7-6-10-17-12)13-18(15,16)14-8-4-2-3-5-9-14/h6-7,10-11,13H,2-5,8-9H2,1H3. The quantitative estimate of drug-likeness (QED) is 0.925. The van der Waals surface area contributed by atoms with Gasteiger partial charge in [0, 0.05) is 18.0 Å². The molecule has 1 aromatic heterocycles. The number of hydrogen-bond acceptors (Lipinski definition) is 3. The molecule has 2 rings (SSSR count). The smallest absolute Gasteiger partial charge is 0.195 e. The topological polar surface area (TPSA) is 49.4 Å². The first-order valence-corrected chi connectivity index (χ1v) is 8.72. The van der Waals surface area contributed by atoms with Crippen molar-refractivity contribution in [2.45, 2.75) is 38.6 Å². The highest BCUT2D eigenvalue weighted by molar-refractivity contribution is 7.87. The van der Waals surface area contributed by atoms with E-state index in [0.717, 1.165) is 30.6 Å². The SMILES string of the molecule is CC(NS(=O)(=O)N1CCCCCC1)c1cccs1. The molecule has 0 bridgehead atoms. The molecule has 0 aliphatic carbocycles. The molecule has 4 nitrogen and oxygen atoms in total. The number of thiophene rings is 1. The third-order valence-corrected chi connectivity index (χ3v) is 5.95. The Labute approximate surface area is 113 Å². The molecule has 1 N–H and O–H groups in total. The highest BCUT2D eigenvalue weighted by Gasteiger charge is 2.25. The summed E-state index contributed by atoms with van der Waals surface area (Å²) in [4.78, 5) is 1.05. The van der Waals surface area contributed by atoms with E-state index in [1.54, 1.807) is 15.6 Å².